The second-order valence-corrected chi connectivity index (χ2v) is 5.10. The third-order valence-electron chi connectivity index (χ3n) is 2.91. The van der Waals surface area contributed by atoms with Crippen LogP contribution in [0, 0.1) is 0 Å². The van der Waals surface area contributed by atoms with Crippen molar-refractivity contribution in [2.45, 2.75) is 45.4 Å². The molecular weight excluding hydrogens is 260 g/mol. The summed E-state index contributed by atoms with van der Waals surface area (Å²) in [5, 5.41) is 6.95. The maximum absolute atomic E-state index is 5.62. The third kappa shape index (κ3) is 4.78. The van der Waals surface area contributed by atoms with E-state index < -0.39 is 0 Å². The largest absolute Gasteiger partial charge is 0.359 e. The molecular formula is C14H20N2O2S. The van der Waals surface area contributed by atoms with E-state index >= 15 is 0 Å². The van der Waals surface area contributed by atoms with Crippen molar-refractivity contribution in [1.82, 2.24) is 10.6 Å². The topological polar surface area (TPSA) is 42.5 Å². The molecule has 1 fully saturated rings. The SMILES string of the molecule is CC1CC(NC(=S)NCc2ccccc2)OC(C)O1. The van der Waals surface area contributed by atoms with E-state index in [2.05, 4.69) is 22.8 Å². The smallest absolute Gasteiger partial charge is 0.168 e. The number of benzene rings is 1. The number of thiocarbonyl (C=S) groups is 1. The summed E-state index contributed by atoms with van der Waals surface area (Å²) in [5.41, 5.74) is 1.20. The predicted molar refractivity (Wildman–Crippen MR) is 78.5 cm³/mol. The predicted octanol–water partition coefficient (Wildman–Crippen LogP) is 2.15. The minimum atomic E-state index is -0.196. The maximum Gasteiger partial charge on any atom is 0.168 e. The standard InChI is InChI=1S/C14H20N2O2S/c1-10-8-13(18-11(2)17-10)16-14(19)15-9-12-6-4-3-5-7-12/h3-7,10-11,13H,8-9H2,1-2H3,(H2,15,16,19). The molecule has 0 saturated carbocycles. The van der Waals surface area contributed by atoms with E-state index in [0.717, 1.165) is 6.42 Å². The minimum absolute atomic E-state index is 0.0884. The Hall–Kier alpha value is -1.17. The lowest BCUT2D eigenvalue weighted by Gasteiger charge is -2.33. The average molecular weight is 280 g/mol. The lowest BCUT2D eigenvalue weighted by molar-refractivity contribution is -0.232. The summed E-state index contributed by atoms with van der Waals surface area (Å²) in [6.07, 6.45) is 0.684. The van der Waals surface area contributed by atoms with E-state index in [1.807, 2.05) is 32.0 Å². The molecule has 0 aliphatic carbocycles. The maximum atomic E-state index is 5.62. The number of ether oxygens (including phenoxy) is 2. The van der Waals surface area contributed by atoms with Gasteiger partial charge in [-0.05, 0) is 31.6 Å². The van der Waals surface area contributed by atoms with Crippen molar-refractivity contribution in [2.75, 3.05) is 0 Å². The fraction of sp³-hybridized carbons (Fsp3) is 0.500. The van der Waals surface area contributed by atoms with Gasteiger partial charge in [-0.3, -0.25) is 0 Å². The monoisotopic (exact) mass is 280 g/mol. The van der Waals surface area contributed by atoms with Crippen LogP contribution in [0.3, 0.4) is 0 Å². The van der Waals surface area contributed by atoms with Crippen LogP contribution in [-0.2, 0) is 16.0 Å². The molecule has 4 nitrogen and oxygen atoms in total. The number of hydrogen-bond donors (Lipinski definition) is 2. The van der Waals surface area contributed by atoms with Crippen molar-refractivity contribution in [3.05, 3.63) is 35.9 Å². The molecule has 2 rings (SSSR count). The Bertz CT molecular complexity index is 403. The molecule has 1 saturated heterocycles. The third-order valence-corrected chi connectivity index (χ3v) is 3.18. The van der Waals surface area contributed by atoms with Gasteiger partial charge in [0.05, 0.1) is 6.10 Å². The van der Waals surface area contributed by atoms with Gasteiger partial charge in [0.25, 0.3) is 0 Å². The first-order valence-corrected chi connectivity index (χ1v) is 6.93. The molecule has 0 radical (unpaired) electrons. The molecule has 1 aromatic rings. The fourth-order valence-corrected chi connectivity index (χ4v) is 2.28. The van der Waals surface area contributed by atoms with Crippen LogP contribution in [-0.4, -0.2) is 23.7 Å². The van der Waals surface area contributed by atoms with E-state index in [0.29, 0.717) is 11.7 Å². The summed E-state index contributed by atoms with van der Waals surface area (Å²) in [5.74, 6) is 0. The zero-order valence-corrected chi connectivity index (χ0v) is 12.1. The Balaban J connectivity index is 1.75. The van der Waals surface area contributed by atoms with Gasteiger partial charge in [0.2, 0.25) is 0 Å². The van der Waals surface area contributed by atoms with Crippen molar-refractivity contribution < 1.29 is 9.47 Å². The summed E-state index contributed by atoms with van der Waals surface area (Å²) < 4.78 is 11.1. The number of rotatable bonds is 3. The van der Waals surface area contributed by atoms with E-state index in [9.17, 15) is 0 Å². The lowest BCUT2D eigenvalue weighted by atomic mass is 10.2. The van der Waals surface area contributed by atoms with Gasteiger partial charge < -0.3 is 20.1 Å². The summed E-state index contributed by atoms with van der Waals surface area (Å²) in [6, 6.07) is 10.1. The van der Waals surface area contributed by atoms with Gasteiger partial charge in [0.1, 0.15) is 6.23 Å². The van der Waals surface area contributed by atoms with Crippen LogP contribution in [0.2, 0.25) is 0 Å². The van der Waals surface area contributed by atoms with Gasteiger partial charge in [-0.25, -0.2) is 0 Å². The average Bonchev–Trinajstić information content (AvgIpc) is 2.36. The lowest BCUT2D eigenvalue weighted by Crippen LogP contribution is -2.48. The van der Waals surface area contributed by atoms with Gasteiger partial charge >= 0.3 is 0 Å². The zero-order valence-electron chi connectivity index (χ0n) is 11.3. The van der Waals surface area contributed by atoms with Crippen molar-refractivity contribution >= 4 is 17.3 Å². The first-order chi connectivity index (χ1) is 9.13. The van der Waals surface area contributed by atoms with Gasteiger partial charge in [-0.1, -0.05) is 30.3 Å². The van der Waals surface area contributed by atoms with E-state index in [1.165, 1.54) is 5.56 Å². The highest BCUT2D eigenvalue weighted by atomic mass is 32.1. The Morgan fingerprint density at radius 1 is 1.26 bits per heavy atom. The first-order valence-electron chi connectivity index (χ1n) is 6.52. The van der Waals surface area contributed by atoms with Crippen LogP contribution in [0.4, 0.5) is 0 Å². The van der Waals surface area contributed by atoms with E-state index in [1.54, 1.807) is 0 Å². The molecule has 3 unspecified atom stereocenters. The second-order valence-electron chi connectivity index (χ2n) is 4.69. The summed E-state index contributed by atoms with van der Waals surface area (Å²) in [6.45, 7) is 4.64. The van der Waals surface area contributed by atoms with Gasteiger partial charge in [-0.2, -0.15) is 0 Å². The molecule has 1 aliphatic rings. The van der Waals surface area contributed by atoms with Gasteiger partial charge in [0.15, 0.2) is 11.4 Å². The molecule has 1 aliphatic heterocycles. The molecule has 2 N–H and O–H groups in total. The summed E-state index contributed by atoms with van der Waals surface area (Å²) in [4.78, 5) is 0. The Kier molecular flexibility index (Phi) is 5.13. The van der Waals surface area contributed by atoms with Crippen molar-refractivity contribution in [3.63, 3.8) is 0 Å². The molecule has 0 aromatic heterocycles. The van der Waals surface area contributed by atoms with Crippen LogP contribution in [0.1, 0.15) is 25.8 Å². The Morgan fingerprint density at radius 3 is 2.68 bits per heavy atom. The molecule has 19 heavy (non-hydrogen) atoms. The Morgan fingerprint density at radius 2 is 2.00 bits per heavy atom. The number of hydrogen-bond acceptors (Lipinski definition) is 3. The summed E-state index contributed by atoms with van der Waals surface area (Å²) >= 11 is 5.27. The molecule has 1 aromatic carbocycles. The quantitative estimate of drug-likeness (QED) is 0.831. The molecule has 5 heteroatoms. The van der Waals surface area contributed by atoms with Gasteiger partial charge in [-0.15, -0.1) is 0 Å². The van der Waals surface area contributed by atoms with Crippen LogP contribution in [0.25, 0.3) is 0 Å². The minimum Gasteiger partial charge on any atom is -0.359 e. The summed E-state index contributed by atoms with van der Waals surface area (Å²) in [7, 11) is 0. The second kappa shape index (κ2) is 6.84. The van der Waals surface area contributed by atoms with Crippen molar-refractivity contribution in [2.24, 2.45) is 0 Å². The molecule has 0 bridgehead atoms. The molecule has 104 valence electrons. The highest BCUT2D eigenvalue weighted by Crippen LogP contribution is 2.15. The van der Waals surface area contributed by atoms with Crippen molar-refractivity contribution in [1.29, 1.82) is 0 Å². The molecule has 0 amide bonds. The molecule has 1 heterocycles. The van der Waals surface area contributed by atoms with E-state index in [4.69, 9.17) is 21.7 Å². The molecule has 0 spiro atoms. The van der Waals surface area contributed by atoms with Crippen LogP contribution in [0.15, 0.2) is 30.3 Å². The van der Waals surface area contributed by atoms with Gasteiger partial charge in [0, 0.05) is 13.0 Å². The van der Waals surface area contributed by atoms with E-state index in [-0.39, 0.29) is 18.6 Å². The zero-order chi connectivity index (χ0) is 13.7. The fourth-order valence-electron chi connectivity index (χ4n) is 2.07. The van der Waals surface area contributed by atoms with Crippen LogP contribution in [0.5, 0.6) is 0 Å². The van der Waals surface area contributed by atoms with Crippen LogP contribution < -0.4 is 10.6 Å². The Labute approximate surface area is 119 Å². The molecule has 3 atom stereocenters. The highest BCUT2D eigenvalue weighted by molar-refractivity contribution is 7.80. The number of nitrogens with one attached hydrogen (secondary N) is 2. The van der Waals surface area contributed by atoms with Crippen LogP contribution >= 0.6 is 12.2 Å². The normalized spacial score (nSPS) is 26.7. The van der Waals surface area contributed by atoms with Crippen molar-refractivity contribution in [3.8, 4) is 0 Å². The first kappa shape index (κ1) is 14.2. The highest BCUT2D eigenvalue weighted by Gasteiger charge is 2.25.